The second-order valence-corrected chi connectivity index (χ2v) is 5.17. The summed E-state index contributed by atoms with van der Waals surface area (Å²) in [6.07, 6.45) is 1.17. The highest BCUT2D eigenvalue weighted by molar-refractivity contribution is 5.85. The number of benzene rings is 1. The summed E-state index contributed by atoms with van der Waals surface area (Å²) in [4.78, 5) is 2.46. The number of hydrogen-bond acceptors (Lipinski definition) is 5. The maximum Gasteiger partial charge on any atom is 0.231 e. The number of fused-ring (bicyclic) bond motifs is 1. The predicted molar refractivity (Wildman–Crippen MR) is 90.6 cm³/mol. The van der Waals surface area contributed by atoms with E-state index in [2.05, 4.69) is 22.3 Å². The van der Waals surface area contributed by atoms with Gasteiger partial charge in [0.1, 0.15) is 0 Å². The first-order valence-corrected chi connectivity index (χ1v) is 7.31. The Kier molecular flexibility index (Phi) is 8.90. The molecule has 1 saturated heterocycles. The fraction of sp³-hybridized carbons (Fsp3) is 0.600. The topological polar surface area (TPSA) is 43.0 Å². The third-order valence-corrected chi connectivity index (χ3v) is 3.70. The van der Waals surface area contributed by atoms with Gasteiger partial charge in [-0.05, 0) is 37.2 Å². The maximum atomic E-state index is 5.38. The van der Waals surface area contributed by atoms with Crippen molar-refractivity contribution in [2.24, 2.45) is 0 Å². The van der Waals surface area contributed by atoms with Crippen LogP contribution < -0.4 is 14.8 Å². The van der Waals surface area contributed by atoms with Crippen molar-refractivity contribution in [3.05, 3.63) is 23.8 Å². The Hall–Kier alpha value is -0.720. The predicted octanol–water partition coefficient (Wildman–Crippen LogP) is 2.07. The summed E-state index contributed by atoms with van der Waals surface area (Å²) in [5.74, 6) is 1.71. The van der Waals surface area contributed by atoms with Crippen molar-refractivity contribution in [3.8, 4) is 11.5 Å². The van der Waals surface area contributed by atoms with Crippen LogP contribution >= 0.6 is 24.8 Å². The number of morpholine rings is 1. The van der Waals surface area contributed by atoms with E-state index in [1.165, 1.54) is 12.0 Å². The SMILES string of the molecule is Cl.Cl.c1cc2c(cc1CNCCCN1CCOCC1)OCO2. The zero-order chi connectivity index (χ0) is 13.6. The number of halogens is 2. The van der Waals surface area contributed by atoms with Gasteiger partial charge in [-0.2, -0.15) is 0 Å². The van der Waals surface area contributed by atoms with Crippen molar-refractivity contribution >= 4 is 24.8 Å². The number of hydrogen-bond donors (Lipinski definition) is 1. The third-order valence-electron chi connectivity index (χ3n) is 3.70. The summed E-state index contributed by atoms with van der Waals surface area (Å²) in [5.41, 5.74) is 1.24. The second kappa shape index (κ2) is 10.1. The molecule has 2 heterocycles. The van der Waals surface area contributed by atoms with Crippen molar-refractivity contribution in [2.45, 2.75) is 13.0 Å². The molecule has 1 aromatic carbocycles. The molecule has 2 aliphatic rings. The van der Waals surface area contributed by atoms with Crippen molar-refractivity contribution in [2.75, 3.05) is 46.2 Å². The standard InChI is InChI=1S/C15H22N2O3.2ClH/c1(5-17-6-8-18-9-7-17)4-16-11-13-2-3-14-15(10-13)20-12-19-14;;/h2-3,10,16H,1,4-9,11-12H2;2*1H. The van der Waals surface area contributed by atoms with E-state index in [1.807, 2.05) is 6.07 Å². The van der Waals surface area contributed by atoms with Crippen molar-refractivity contribution in [1.29, 1.82) is 0 Å². The van der Waals surface area contributed by atoms with Crippen LogP contribution in [-0.4, -0.2) is 51.1 Å². The van der Waals surface area contributed by atoms with E-state index in [0.717, 1.165) is 57.4 Å². The molecular weight excluding hydrogens is 327 g/mol. The van der Waals surface area contributed by atoms with Gasteiger partial charge in [-0.15, -0.1) is 24.8 Å². The van der Waals surface area contributed by atoms with Crippen LogP contribution in [0.5, 0.6) is 11.5 Å². The van der Waals surface area contributed by atoms with Gasteiger partial charge in [0.15, 0.2) is 11.5 Å². The molecule has 0 unspecified atom stereocenters. The maximum absolute atomic E-state index is 5.38. The summed E-state index contributed by atoms with van der Waals surface area (Å²) in [5, 5.41) is 3.48. The molecule has 1 aromatic rings. The van der Waals surface area contributed by atoms with E-state index in [0.29, 0.717) is 6.79 Å². The van der Waals surface area contributed by atoms with E-state index in [9.17, 15) is 0 Å². The van der Waals surface area contributed by atoms with Crippen LogP contribution in [0.15, 0.2) is 18.2 Å². The number of ether oxygens (including phenoxy) is 3. The molecule has 0 aromatic heterocycles. The molecular formula is C15H24Cl2N2O3. The Morgan fingerprint density at radius 3 is 2.64 bits per heavy atom. The third kappa shape index (κ3) is 5.48. The van der Waals surface area contributed by atoms with Crippen molar-refractivity contribution in [1.82, 2.24) is 10.2 Å². The monoisotopic (exact) mass is 350 g/mol. The summed E-state index contributed by atoms with van der Waals surface area (Å²) in [7, 11) is 0. The molecule has 1 N–H and O–H groups in total. The van der Waals surface area contributed by atoms with E-state index >= 15 is 0 Å². The lowest BCUT2D eigenvalue weighted by atomic mass is 10.2. The van der Waals surface area contributed by atoms with Gasteiger partial charge in [0.2, 0.25) is 6.79 Å². The molecule has 0 amide bonds. The van der Waals surface area contributed by atoms with Crippen molar-refractivity contribution < 1.29 is 14.2 Å². The summed E-state index contributed by atoms with van der Waals surface area (Å²) < 4.78 is 16.0. The first-order valence-electron chi connectivity index (χ1n) is 7.31. The van der Waals surface area contributed by atoms with Gasteiger partial charge in [-0.1, -0.05) is 6.07 Å². The lowest BCUT2D eigenvalue weighted by Crippen LogP contribution is -2.37. The molecule has 5 nitrogen and oxygen atoms in total. The number of nitrogens with zero attached hydrogens (tertiary/aromatic N) is 1. The number of nitrogens with one attached hydrogen (secondary N) is 1. The van der Waals surface area contributed by atoms with Gasteiger partial charge >= 0.3 is 0 Å². The van der Waals surface area contributed by atoms with Gasteiger partial charge in [0.05, 0.1) is 13.2 Å². The van der Waals surface area contributed by atoms with E-state index in [-0.39, 0.29) is 24.8 Å². The van der Waals surface area contributed by atoms with Gasteiger partial charge in [-0.25, -0.2) is 0 Å². The lowest BCUT2D eigenvalue weighted by molar-refractivity contribution is 0.0374. The number of rotatable bonds is 6. The zero-order valence-electron chi connectivity index (χ0n) is 12.6. The Morgan fingerprint density at radius 1 is 1.05 bits per heavy atom. The normalized spacial score (nSPS) is 16.7. The van der Waals surface area contributed by atoms with Crippen LogP contribution in [0, 0.1) is 0 Å². The Bertz CT molecular complexity index is 443. The van der Waals surface area contributed by atoms with Gasteiger partial charge in [0.25, 0.3) is 0 Å². The Balaban J connectivity index is 0.00000121. The molecule has 0 aliphatic carbocycles. The van der Waals surface area contributed by atoms with Crippen LogP contribution in [0.4, 0.5) is 0 Å². The molecule has 7 heteroatoms. The van der Waals surface area contributed by atoms with Crippen molar-refractivity contribution in [3.63, 3.8) is 0 Å². The second-order valence-electron chi connectivity index (χ2n) is 5.17. The fourth-order valence-corrected chi connectivity index (χ4v) is 2.54. The summed E-state index contributed by atoms with van der Waals surface area (Å²) in [6, 6.07) is 6.12. The molecule has 0 spiro atoms. The summed E-state index contributed by atoms with van der Waals surface area (Å²) in [6.45, 7) is 7.30. The highest BCUT2D eigenvalue weighted by atomic mass is 35.5. The van der Waals surface area contributed by atoms with E-state index < -0.39 is 0 Å². The van der Waals surface area contributed by atoms with Crippen LogP contribution in [0.25, 0.3) is 0 Å². The van der Waals surface area contributed by atoms with Gasteiger partial charge in [0, 0.05) is 19.6 Å². The molecule has 126 valence electrons. The largest absolute Gasteiger partial charge is 0.454 e. The Labute approximate surface area is 144 Å². The molecule has 3 rings (SSSR count). The minimum Gasteiger partial charge on any atom is -0.454 e. The zero-order valence-corrected chi connectivity index (χ0v) is 14.2. The molecule has 2 aliphatic heterocycles. The average Bonchev–Trinajstić information content (AvgIpc) is 2.95. The smallest absolute Gasteiger partial charge is 0.231 e. The van der Waals surface area contributed by atoms with E-state index in [4.69, 9.17) is 14.2 Å². The minimum absolute atomic E-state index is 0. The first kappa shape index (κ1) is 19.3. The Morgan fingerprint density at radius 2 is 1.82 bits per heavy atom. The molecule has 1 fully saturated rings. The fourth-order valence-electron chi connectivity index (χ4n) is 2.54. The quantitative estimate of drug-likeness (QED) is 0.795. The van der Waals surface area contributed by atoms with Crippen LogP contribution in [-0.2, 0) is 11.3 Å². The highest BCUT2D eigenvalue weighted by Gasteiger charge is 2.13. The van der Waals surface area contributed by atoms with Gasteiger partial charge < -0.3 is 19.5 Å². The van der Waals surface area contributed by atoms with Gasteiger partial charge in [-0.3, -0.25) is 4.90 Å². The lowest BCUT2D eigenvalue weighted by Gasteiger charge is -2.26. The molecule has 22 heavy (non-hydrogen) atoms. The molecule has 0 atom stereocenters. The average molecular weight is 351 g/mol. The molecule has 0 saturated carbocycles. The molecule has 0 bridgehead atoms. The van der Waals surface area contributed by atoms with E-state index in [1.54, 1.807) is 0 Å². The minimum atomic E-state index is 0. The molecule has 0 radical (unpaired) electrons. The highest BCUT2D eigenvalue weighted by Crippen LogP contribution is 2.32. The van der Waals surface area contributed by atoms with Crippen LogP contribution in [0.2, 0.25) is 0 Å². The first-order chi connectivity index (χ1) is 9.92. The van der Waals surface area contributed by atoms with Crippen LogP contribution in [0.3, 0.4) is 0 Å². The summed E-state index contributed by atoms with van der Waals surface area (Å²) >= 11 is 0. The van der Waals surface area contributed by atoms with Crippen LogP contribution in [0.1, 0.15) is 12.0 Å².